The SMILES string of the molecule is CC[C@H](CC[C@@H](C)C1CC[C@H]2[C@@H]3CC[C@H]4CC(OP(=O)(O)OC5CC(=O)O[C@H](CC[C@@H]6[C@@H]7C(=C[C@H](C)C[C@@H]7OC(=O)[C@@H](C)CC)C=C[C@@H]6C)C5)CC[C@]4(C)[C@H]3CC[C@]12C)C(C)C. The fraction of sp³-hybridized carbons (Fsp3) is 0.887. The number of rotatable bonds is 16. The van der Waals surface area contributed by atoms with Crippen molar-refractivity contribution in [1.29, 1.82) is 0 Å². The molecule has 0 radical (unpaired) electrons. The Balaban J connectivity index is 0.916. The van der Waals surface area contributed by atoms with Gasteiger partial charge >= 0.3 is 19.8 Å². The van der Waals surface area contributed by atoms with Gasteiger partial charge in [0.05, 0.1) is 24.5 Å². The Morgan fingerprint density at radius 3 is 2.34 bits per heavy atom. The number of ether oxygens (including phenoxy) is 2. The first-order chi connectivity index (χ1) is 29.3. The smallest absolute Gasteiger partial charge is 0.462 e. The normalized spacial score (nSPS) is 42.9. The van der Waals surface area contributed by atoms with Gasteiger partial charge in [-0.15, -0.1) is 0 Å². The zero-order chi connectivity index (χ0) is 44.7. The van der Waals surface area contributed by atoms with Gasteiger partial charge in [-0.05, 0) is 171 Å². The molecule has 7 rings (SSSR count). The Morgan fingerprint density at radius 2 is 1.61 bits per heavy atom. The molecular weight excluding hydrogens is 796 g/mol. The van der Waals surface area contributed by atoms with E-state index in [1.807, 2.05) is 13.8 Å². The van der Waals surface area contributed by atoms with Crippen molar-refractivity contribution in [3.63, 3.8) is 0 Å². The molecule has 1 heterocycles. The highest BCUT2D eigenvalue weighted by molar-refractivity contribution is 7.47. The number of cyclic esters (lactones) is 1. The minimum absolute atomic E-state index is 0.0562. The Kier molecular flexibility index (Phi) is 15.5. The zero-order valence-corrected chi connectivity index (χ0v) is 41.4. The second-order valence-corrected chi connectivity index (χ2v) is 24.6. The average molecular weight is 883 g/mol. The maximum Gasteiger partial charge on any atom is 0.472 e. The second-order valence-electron chi connectivity index (χ2n) is 23.3. The summed E-state index contributed by atoms with van der Waals surface area (Å²) in [6, 6.07) is 0. The van der Waals surface area contributed by atoms with E-state index in [4.69, 9.17) is 18.5 Å². The van der Waals surface area contributed by atoms with Crippen molar-refractivity contribution < 1.29 is 37.6 Å². The van der Waals surface area contributed by atoms with Gasteiger partial charge in [-0.1, -0.05) is 100 Å². The summed E-state index contributed by atoms with van der Waals surface area (Å²) in [4.78, 5) is 37.2. The van der Waals surface area contributed by atoms with Gasteiger partial charge in [-0.2, -0.15) is 0 Å². The van der Waals surface area contributed by atoms with Gasteiger partial charge in [0, 0.05) is 12.3 Å². The van der Waals surface area contributed by atoms with Crippen LogP contribution < -0.4 is 0 Å². The molecule has 0 aromatic rings. The van der Waals surface area contributed by atoms with Crippen molar-refractivity contribution in [1.82, 2.24) is 0 Å². The molecule has 7 aliphatic rings. The van der Waals surface area contributed by atoms with Crippen LogP contribution in [0.4, 0.5) is 0 Å². The number of fused-ring (bicyclic) bond motifs is 6. The summed E-state index contributed by atoms with van der Waals surface area (Å²) in [6.45, 7) is 23.3. The van der Waals surface area contributed by atoms with Crippen molar-refractivity contribution >= 4 is 19.8 Å². The number of hydrogen-bond acceptors (Lipinski definition) is 7. The summed E-state index contributed by atoms with van der Waals surface area (Å²) in [5, 5.41) is 0. The molecule has 1 aliphatic heterocycles. The fourth-order valence-electron chi connectivity index (χ4n) is 15.5. The lowest BCUT2D eigenvalue weighted by Gasteiger charge is -2.61. The zero-order valence-electron chi connectivity index (χ0n) is 40.5. The lowest BCUT2D eigenvalue weighted by Crippen LogP contribution is -2.54. The van der Waals surface area contributed by atoms with Gasteiger partial charge in [0.25, 0.3) is 0 Å². The van der Waals surface area contributed by atoms with Crippen molar-refractivity contribution in [2.24, 2.45) is 87.8 Å². The third kappa shape index (κ3) is 10.2. The molecule has 6 aliphatic carbocycles. The molecule has 8 nitrogen and oxygen atoms in total. The van der Waals surface area contributed by atoms with Crippen LogP contribution in [0.2, 0.25) is 0 Å². The third-order valence-corrected chi connectivity index (χ3v) is 20.4. The topological polar surface area (TPSA) is 108 Å². The number of allylic oxidation sites excluding steroid dienone is 3. The van der Waals surface area contributed by atoms with Gasteiger partial charge in [0.15, 0.2) is 0 Å². The molecule has 0 bridgehead atoms. The molecule has 352 valence electrons. The molecule has 62 heavy (non-hydrogen) atoms. The summed E-state index contributed by atoms with van der Waals surface area (Å²) < 4.78 is 37.7. The number of esters is 2. The quantitative estimate of drug-likeness (QED) is 0.121. The highest BCUT2D eigenvalue weighted by atomic mass is 31.2. The Labute approximate surface area is 376 Å². The summed E-state index contributed by atoms with van der Waals surface area (Å²) >= 11 is 0. The maximum absolute atomic E-state index is 13.7. The number of carbonyl (C=O) groups excluding carboxylic acids is 2. The van der Waals surface area contributed by atoms with E-state index in [0.717, 1.165) is 80.0 Å². The first-order valence-corrected chi connectivity index (χ1v) is 27.3. The van der Waals surface area contributed by atoms with Crippen molar-refractivity contribution in [2.45, 2.75) is 209 Å². The molecule has 9 heteroatoms. The first kappa shape index (κ1) is 48.5. The summed E-state index contributed by atoms with van der Waals surface area (Å²) in [5.74, 6) is 6.31. The van der Waals surface area contributed by atoms with Crippen molar-refractivity contribution in [2.75, 3.05) is 0 Å². The molecule has 4 saturated carbocycles. The molecule has 1 saturated heterocycles. The second kappa shape index (κ2) is 19.8. The number of hydrogen-bond donors (Lipinski definition) is 1. The monoisotopic (exact) mass is 883 g/mol. The lowest BCUT2D eigenvalue weighted by atomic mass is 9.44. The Hall–Kier alpha value is -1.47. The maximum atomic E-state index is 13.7. The van der Waals surface area contributed by atoms with Crippen LogP contribution in [-0.2, 0) is 32.7 Å². The average Bonchev–Trinajstić information content (AvgIpc) is 3.57. The third-order valence-electron chi connectivity index (χ3n) is 19.3. The van der Waals surface area contributed by atoms with Crippen LogP contribution in [0, 0.1) is 87.8 Å². The van der Waals surface area contributed by atoms with Crippen LogP contribution >= 0.6 is 7.82 Å². The van der Waals surface area contributed by atoms with E-state index in [1.165, 1.54) is 63.4 Å². The van der Waals surface area contributed by atoms with E-state index in [2.05, 4.69) is 73.6 Å². The molecule has 19 atom stereocenters. The largest absolute Gasteiger partial charge is 0.472 e. The number of phosphoric ester groups is 1. The molecule has 0 aromatic carbocycles. The molecule has 1 N–H and O–H groups in total. The van der Waals surface area contributed by atoms with Crippen molar-refractivity contribution in [3.05, 3.63) is 23.8 Å². The highest BCUT2D eigenvalue weighted by Crippen LogP contribution is 2.69. The first-order valence-electron chi connectivity index (χ1n) is 25.8. The van der Waals surface area contributed by atoms with Gasteiger partial charge in [0.1, 0.15) is 12.2 Å². The van der Waals surface area contributed by atoms with E-state index in [0.29, 0.717) is 30.1 Å². The summed E-state index contributed by atoms with van der Waals surface area (Å²) in [7, 11) is -4.43. The predicted octanol–water partition coefficient (Wildman–Crippen LogP) is 13.5. The Bertz CT molecular complexity index is 1670. The van der Waals surface area contributed by atoms with E-state index < -0.39 is 26.0 Å². The predicted molar refractivity (Wildman–Crippen MR) is 247 cm³/mol. The van der Waals surface area contributed by atoms with Crippen LogP contribution in [0.15, 0.2) is 23.8 Å². The van der Waals surface area contributed by atoms with E-state index in [-0.39, 0.29) is 53.7 Å². The number of carbonyl (C=O) groups is 2. The van der Waals surface area contributed by atoms with Gasteiger partial charge in [-0.3, -0.25) is 18.6 Å². The summed E-state index contributed by atoms with van der Waals surface area (Å²) in [6.07, 6.45) is 22.9. The molecule has 5 fully saturated rings. The molecular formula is C53H87O8P. The van der Waals surface area contributed by atoms with Crippen LogP contribution in [-0.4, -0.2) is 41.2 Å². The van der Waals surface area contributed by atoms with Crippen LogP contribution in [0.3, 0.4) is 0 Å². The van der Waals surface area contributed by atoms with E-state index in [9.17, 15) is 19.0 Å². The van der Waals surface area contributed by atoms with E-state index in [1.54, 1.807) is 0 Å². The van der Waals surface area contributed by atoms with Crippen molar-refractivity contribution in [3.8, 4) is 0 Å². The molecule has 0 amide bonds. The minimum atomic E-state index is -4.43. The van der Waals surface area contributed by atoms with E-state index >= 15 is 0 Å². The van der Waals surface area contributed by atoms with Crippen LogP contribution in [0.1, 0.15) is 185 Å². The Morgan fingerprint density at radius 1 is 0.887 bits per heavy atom. The molecule has 0 spiro atoms. The molecule has 4 unspecified atom stereocenters. The standard InChI is InChI=1S/C53H87O8P/c1-11-34(6)51(55)59-48-28-33(5)27-38-16-13-35(7)43(50(38)48)20-18-40-30-42(31-49(54)58-40)61-62(56,57)60-41-23-25-52(9)39(29-41)17-19-44-46-22-21-45(53(46,10)26-24-47(44)52)36(8)14-15-37(12-2)32(3)4/h13,16,27,32-37,39-48,50H,11-12,14-15,17-26,28-31H2,1-10H3,(H,56,57)/t33-,34-,35-,36+,37+,39-,40+,41?,42?,43-,44-,45?,46-,47-,48-,50-,52-,53+/m0/s1. The summed E-state index contributed by atoms with van der Waals surface area (Å²) in [5.41, 5.74) is 1.94. The number of phosphoric acid groups is 1. The lowest BCUT2D eigenvalue weighted by molar-refractivity contribution is -0.162. The fourth-order valence-corrected chi connectivity index (χ4v) is 16.7. The van der Waals surface area contributed by atoms with Gasteiger partial charge in [-0.25, -0.2) is 4.57 Å². The van der Waals surface area contributed by atoms with Crippen LogP contribution in [0.25, 0.3) is 0 Å². The highest BCUT2D eigenvalue weighted by Gasteiger charge is 2.61. The van der Waals surface area contributed by atoms with Gasteiger partial charge in [0.2, 0.25) is 0 Å². The molecule has 0 aromatic heterocycles. The van der Waals surface area contributed by atoms with Crippen LogP contribution in [0.5, 0.6) is 0 Å². The minimum Gasteiger partial charge on any atom is -0.462 e. The van der Waals surface area contributed by atoms with Gasteiger partial charge < -0.3 is 14.4 Å².